The summed E-state index contributed by atoms with van der Waals surface area (Å²) in [4.78, 5) is 7.91. The first-order valence-electron chi connectivity index (χ1n) is 5.93. The average Bonchev–Trinajstić information content (AvgIpc) is 2.30. The van der Waals surface area contributed by atoms with Gasteiger partial charge in [0.25, 0.3) is 0 Å². The van der Waals surface area contributed by atoms with Crippen LogP contribution in [0.2, 0.25) is 5.15 Å². The van der Waals surface area contributed by atoms with Crippen molar-refractivity contribution in [2.45, 2.75) is 45.4 Å². The van der Waals surface area contributed by atoms with E-state index in [1.54, 1.807) is 6.20 Å². The third kappa shape index (κ3) is 5.91. The largest absolute Gasteiger partial charge is 0.477 e. The van der Waals surface area contributed by atoms with Crippen LogP contribution in [0.1, 0.15) is 45.4 Å². The third-order valence-electron chi connectivity index (χ3n) is 2.34. The van der Waals surface area contributed by atoms with E-state index in [1.165, 1.54) is 38.3 Å². The molecule has 0 unspecified atom stereocenters. The predicted octanol–water partition coefficient (Wildman–Crippen LogP) is 3.87. The molecule has 0 saturated heterocycles. The smallest absolute Gasteiger partial charge is 0.232 e. The molecule has 0 amide bonds. The SMILES string of the molecule is CCCCCCCCOc1cnc(Cl)cn1. The summed E-state index contributed by atoms with van der Waals surface area (Å²) >= 11 is 5.61. The maximum Gasteiger partial charge on any atom is 0.232 e. The van der Waals surface area contributed by atoms with Crippen molar-refractivity contribution in [1.29, 1.82) is 0 Å². The minimum absolute atomic E-state index is 0.395. The van der Waals surface area contributed by atoms with Crippen molar-refractivity contribution in [2.24, 2.45) is 0 Å². The Bertz CT molecular complexity index is 277. The van der Waals surface area contributed by atoms with Crippen LogP contribution >= 0.6 is 11.6 Å². The van der Waals surface area contributed by atoms with E-state index in [9.17, 15) is 0 Å². The Morgan fingerprint density at radius 1 is 1.06 bits per heavy atom. The molecule has 0 aliphatic rings. The lowest BCUT2D eigenvalue weighted by molar-refractivity contribution is 0.292. The van der Waals surface area contributed by atoms with Crippen LogP contribution in [0.4, 0.5) is 0 Å². The van der Waals surface area contributed by atoms with Crippen molar-refractivity contribution < 1.29 is 4.74 Å². The Labute approximate surface area is 102 Å². The van der Waals surface area contributed by atoms with Crippen LogP contribution in [-0.4, -0.2) is 16.6 Å². The minimum Gasteiger partial charge on any atom is -0.477 e. The molecule has 0 aromatic carbocycles. The highest BCUT2D eigenvalue weighted by Gasteiger charge is 1.96. The second-order valence-corrected chi connectivity index (χ2v) is 4.18. The molecule has 1 aromatic rings. The topological polar surface area (TPSA) is 35.0 Å². The molecule has 0 atom stereocenters. The molecule has 0 aliphatic carbocycles. The molecule has 16 heavy (non-hydrogen) atoms. The first-order chi connectivity index (χ1) is 7.83. The molecule has 0 radical (unpaired) electrons. The Balaban J connectivity index is 2.01. The Kier molecular flexibility index (Phi) is 6.90. The van der Waals surface area contributed by atoms with Crippen molar-refractivity contribution >= 4 is 11.6 Å². The van der Waals surface area contributed by atoms with Crippen LogP contribution in [0, 0.1) is 0 Å². The number of unbranched alkanes of at least 4 members (excludes halogenated alkanes) is 5. The Hall–Kier alpha value is -0.830. The van der Waals surface area contributed by atoms with E-state index in [0.29, 0.717) is 17.6 Å². The highest BCUT2D eigenvalue weighted by Crippen LogP contribution is 2.09. The van der Waals surface area contributed by atoms with Gasteiger partial charge in [-0.2, -0.15) is 0 Å². The molecular weight excluding hydrogens is 224 g/mol. The maximum absolute atomic E-state index is 5.61. The molecule has 0 bridgehead atoms. The maximum atomic E-state index is 5.61. The van der Waals surface area contributed by atoms with Crippen LogP contribution in [0.5, 0.6) is 5.88 Å². The number of nitrogens with zero attached hydrogens (tertiary/aromatic N) is 2. The van der Waals surface area contributed by atoms with Gasteiger partial charge < -0.3 is 4.74 Å². The van der Waals surface area contributed by atoms with Gasteiger partial charge in [0.15, 0.2) is 0 Å². The first kappa shape index (κ1) is 13.2. The van der Waals surface area contributed by atoms with Gasteiger partial charge in [0.2, 0.25) is 5.88 Å². The lowest BCUT2D eigenvalue weighted by atomic mass is 10.1. The van der Waals surface area contributed by atoms with Crippen molar-refractivity contribution in [3.63, 3.8) is 0 Å². The van der Waals surface area contributed by atoms with Gasteiger partial charge in [-0.25, -0.2) is 9.97 Å². The molecule has 1 rings (SSSR count). The fourth-order valence-corrected chi connectivity index (χ4v) is 1.53. The van der Waals surface area contributed by atoms with Gasteiger partial charge in [-0.1, -0.05) is 50.6 Å². The lowest BCUT2D eigenvalue weighted by Gasteiger charge is -2.04. The summed E-state index contributed by atoms with van der Waals surface area (Å²) in [6, 6.07) is 0. The van der Waals surface area contributed by atoms with Crippen molar-refractivity contribution in [3.8, 4) is 5.88 Å². The molecule has 1 aromatic heterocycles. The predicted molar refractivity (Wildman–Crippen MR) is 65.9 cm³/mol. The fraction of sp³-hybridized carbons (Fsp3) is 0.667. The molecule has 0 aliphatic heterocycles. The quantitative estimate of drug-likeness (QED) is 0.649. The summed E-state index contributed by atoms with van der Waals surface area (Å²) in [6.45, 7) is 2.94. The number of aromatic nitrogens is 2. The number of ether oxygens (including phenoxy) is 1. The zero-order chi connectivity index (χ0) is 11.6. The highest BCUT2D eigenvalue weighted by atomic mass is 35.5. The summed E-state index contributed by atoms with van der Waals surface area (Å²) < 4.78 is 5.44. The highest BCUT2D eigenvalue weighted by molar-refractivity contribution is 6.29. The molecule has 0 spiro atoms. The third-order valence-corrected chi connectivity index (χ3v) is 2.54. The van der Waals surface area contributed by atoms with Gasteiger partial charge in [-0.15, -0.1) is 0 Å². The molecular formula is C12H19ClN2O. The molecule has 0 fully saturated rings. The van der Waals surface area contributed by atoms with Crippen LogP contribution in [0.15, 0.2) is 12.4 Å². The minimum atomic E-state index is 0.395. The molecule has 90 valence electrons. The second kappa shape index (κ2) is 8.34. The standard InChI is InChI=1S/C12H19ClN2O/c1-2-3-4-5-6-7-8-16-12-10-14-11(13)9-15-12/h9-10H,2-8H2,1H3. The van der Waals surface area contributed by atoms with Crippen LogP contribution in [0.3, 0.4) is 0 Å². The number of rotatable bonds is 8. The van der Waals surface area contributed by atoms with E-state index in [2.05, 4.69) is 16.9 Å². The van der Waals surface area contributed by atoms with E-state index in [1.807, 2.05) is 0 Å². The van der Waals surface area contributed by atoms with Gasteiger partial charge in [-0.05, 0) is 6.42 Å². The monoisotopic (exact) mass is 242 g/mol. The summed E-state index contributed by atoms with van der Waals surface area (Å²) in [5.74, 6) is 0.554. The van der Waals surface area contributed by atoms with Gasteiger partial charge in [-0.3, -0.25) is 0 Å². The Morgan fingerprint density at radius 2 is 1.81 bits per heavy atom. The second-order valence-electron chi connectivity index (χ2n) is 3.79. The molecule has 1 heterocycles. The normalized spacial score (nSPS) is 10.4. The van der Waals surface area contributed by atoms with E-state index in [4.69, 9.17) is 16.3 Å². The zero-order valence-corrected chi connectivity index (χ0v) is 10.5. The number of hydrogen-bond donors (Lipinski definition) is 0. The van der Waals surface area contributed by atoms with Gasteiger partial charge in [0, 0.05) is 0 Å². The van der Waals surface area contributed by atoms with Gasteiger partial charge in [0.1, 0.15) is 5.15 Å². The van der Waals surface area contributed by atoms with Crippen LogP contribution < -0.4 is 4.74 Å². The summed E-state index contributed by atoms with van der Waals surface area (Å²) in [5.41, 5.74) is 0. The molecule has 3 nitrogen and oxygen atoms in total. The molecule has 4 heteroatoms. The summed E-state index contributed by atoms with van der Waals surface area (Å²) in [7, 11) is 0. The average molecular weight is 243 g/mol. The molecule has 0 saturated carbocycles. The summed E-state index contributed by atoms with van der Waals surface area (Å²) in [5, 5.41) is 0.395. The first-order valence-corrected chi connectivity index (χ1v) is 6.31. The number of halogens is 1. The van der Waals surface area contributed by atoms with Gasteiger partial charge in [0.05, 0.1) is 19.0 Å². The Morgan fingerprint density at radius 3 is 2.50 bits per heavy atom. The van der Waals surface area contributed by atoms with Crippen LogP contribution in [0.25, 0.3) is 0 Å². The fourth-order valence-electron chi connectivity index (χ4n) is 1.43. The van der Waals surface area contributed by atoms with Crippen molar-refractivity contribution in [2.75, 3.05) is 6.61 Å². The van der Waals surface area contributed by atoms with E-state index in [-0.39, 0.29) is 0 Å². The summed E-state index contributed by atoms with van der Waals surface area (Å²) in [6.07, 6.45) is 10.6. The van der Waals surface area contributed by atoms with Crippen molar-refractivity contribution in [1.82, 2.24) is 9.97 Å². The zero-order valence-electron chi connectivity index (χ0n) is 9.79. The van der Waals surface area contributed by atoms with E-state index >= 15 is 0 Å². The van der Waals surface area contributed by atoms with Crippen LogP contribution in [-0.2, 0) is 0 Å². The molecule has 0 N–H and O–H groups in total. The van der Waals surface area contributed by atoms with E-state index in [0.717, 1.165) is 6.42 Å². The van der Waals surface area contributed by atoms with Gasteiger partial charge >= 0.3 is 0 Å². The lowest BCUT2D eigenvalue weighted by Crippen LogP contribution is -1.99. The number of hydrogen-bond acceptors (Lipinski definition) is 3. The van der Waals surface area contributed by atoms with Crippen molar-refractivity contribution in [3.05, 3.63) is 17.5 Å². The van der Waals surface area contributed by atoms with E-state index < -0.39 is 0 Å².